The van der Waals surface area contributed by atoms with Gasteiger partial charge in [0.05, 0.1) is 33.0 Å². The number of methoxy groups -OCH3 is 1. The molecule has 0 fully saturated rings. The number of furan rings is 1. The fraction of sp³-hybridized carbons (Fsp3) is 0.250. The third-order valence-electron chi connectivity index (χ3n) is 4.79. The zero-order chi connectivity index (χ0) is 22.1. The van der Waals surface area contributed by atoms with Crippen LogP contribution >= 0.6 is 0 Å². The molecule has 0 aliphatic carbocycles. The minimum absolute atomic E-state index is 0.100. The Bertz CT molecular complexity index is 974. The van der Waals surface area contributed by atoms with Crippen molar-refractivity contribution < 1.29 is 18.7 Å². The van der Waals surface area contributed by atoms with E-state index in [4.69, 9.17) is 9.15 Å². The molecule has 3 rings (SSSR count). The van der Waals surface area contributed by atoms with Crippen molar-refractivity contribution >= 4 is 23.2 Å². The Balaban J connectivity index is 1.65. The van der Waals surface area contributed by atoms with Crippen molar-refractivity contribution in [3.8, 4) is 5.75 Å². The quantitative estimate of drug-likeness (QED) is 0.539. The standard InChI is InChI=1S/C24H27N3O4/c1-3-26(17-23(28)25-19-9-7-12-21(15-19)30-2)18-24(29)27(16-22-13-8-14-31-22)20-10-5-4-6-11-20/h4-15H,3,16-18H2,1-2H3,(H,25,28). The zero-order valence-corrected chi connectivity index (χ0v) is 17.8. The predicted molar refractivity (Wildman–Crippen MR) is 120 cm³/mol. The Morgan fingerprint density at radius 1 is 1.00 bits per heavy atom. The number of para-hydroxylation sites is 1. The van der Waals surface area contributed by atoms with Gasteiger partial charge in [0, 0.05) is 17.4 Å². The van der Waals surface area contributed by atoms with E-state index >= 15 is 0 Å². The van der Waals surface area contributed by atoms with Crippen LogP contribution in [0.1, 0.15) is 12.7 Å². The van der Waals surface area contributed by atoms with Crippen molar-refractivity contribution in [2.45, 2.75) is 13.5 Å². The van der Waals surface area contributed by atoms with Crippen molar-refractivity contribution in [3.05, 3.63) is 78.8 Å². The molecule has 7 nitrogen and oxygen atoms in total. The molecule has 7 heteroatoms. The molecule has 0 saturated heterocycles. The van der Waals surface area contributed by atoms with Crippen LogP contribution in [0.15, 0.2) is 77.4 Å². The lowest BCUT2D eigenvalue weighted by molar-refractivity contribution is -0.121. The number of carbonyl (C=O) groups excluding carboxylic acids is 2. The summed E-state index contributed by atoms with van der Waals surface area (Å²) in [6.07, 6.45) is 1.59. The van der Waals surface area contributed by atoms with Crippen LogP contribution in [0.4, 0.5) is 11.4 Å². The molecular formula is C24H27N3O4. The molecule has 0 saturated carbocycles. The normalized spacial score (nSPS) is 10.7. The number of amides is 2. The van der Waals surface area contributed by atoms with Gasteiger partial charge in [0.25, 0.3) is 0 Å². The molecule has 0 radical (unpaired) electrons. The van der Waals surface area contributed by atoms with Crippen molar-refractivity contribution in [1.82, 2.24) is 4.90 Å². The topological polar surface area (TPSA) is 75.0 Å². The fourth-order valence-corrected chi connectivity index (χ4v) is 3.15. The Kier molecular flexibility index (Phi) is 7.84. The smallest absolute Gasteiger partial charge is 0.241 e. The summed E-state index contributed by atoms with van der Waals surface area (Å²) in [6.45, 7) is 3.01. The Labute approximate surface area is 182 Å². The molecule has 0 unspecified atom stereocenters. The van der Waals surface area contributed by atoms with Gasteiger partial charge in [-0.1, -0.05) is 31.2 Å². The first-order valence-electron chi connectivity index (χ1n) is 10.1. The summed E-state index contributed by atoms with van der Waals surface area (Å²) < 4.78 is 10.6. The highest BCUT2D eigenvalue weighted by molar-refractivity contribution is 5.96. The van der Waals surface area contributed by atoms with E-state index in [1.54, 1.807) is 41.4 Å². The molecule has 162 valence electrons. The largest absolute Gasteiger partial charge is 0.497 e. The van der Waals surface area contributed by atoms with Gasteiger partial charge in [0.2, 0.25) is 11.8 Å². The maximum Gasteiger partial charge on any atom is 0.241 e. The van der Waals surface area contributed by atoms with Crippen molar-refractivity contribution in [1.29, 1.82) is 0 Å². The molecule has 2 amide bonds. The second kappa shape index (κ2) is 11.0. The van der Waals surface area contributed by atoms with Crippen LogP contribution in [-0.2, 0) is 16.1 Å². The first kappa shape index (κ1) is 22.1. The van der Waals surface area contributed by atoms with E-state index in [9.17, 15) is 9.59 Å². The number of carbonyl (C=O) groups is 2. The number of anilines is 2. The Hall–Kier alpha value is -3.58. The molecule has 1 heterocycles. The minimum Gasteiger partial charge on any atom is -0.497 e. The van der Waals surface area contributed by atoms with Gasteiger partial charge >= 0.3 is 0 Å². The third-order valence-corrected chi connectivity index (χ3v) is 4.79. The second-order valence-corrected chi connectivity index (χ2v) is 6.98. The van der Waals surface area contributed by atoms with E-state index in [-0.39, 0.29) is 24.9 Å². The van der Waals surface area contributed by atoms with Crippen molar-refractivity contribution in [2.24, 2.45) is 0 Å². The van der Waals surface area contributed by atoms with Gasteiger partial charge in [0.1, 0.15) is 11.5 Å². The fourth-order valence-electron chi connectivity index (χ4n) is 3.15. The second-order valence-electron chi connectivity index (χ2n) is 6.98. The van der Waals surface area contributed by atoms with Gasteiger partial charge in [0.15, 0.2) is 0 Å². The van der Waals surface area contributed by atoms with Gasteiger partial charge in [-0.15, -0.1) is 0 Å². The molecule has 0 aliphatic rings. The molecule has 1 aromatic heterocycles. The summed E-state index contributed by atoms with van der Waals surface area (Å²) in [5.41, 5.74) is 1.43. The summed E-state index contributed by atoms with van der Waals surface area (Å²) in [7, 11) is 1.58. The van der Waals surface area contributed by atoms with E-state index < -0.39 is 0 Å². The van der Waals surface area contributed by atoms with E-state index in [0.29, 0.717) is 30.3 Å². The van der Waals surface area contributed by atoms with Crippen LogP contribution in [-0.4, -0.2) is 43.5 Å². The Morgan fingerprint density at radius 2 is 1.81 bits per heavy atom. The van der Waals surface area contributed by atoms with Crippen LogP contribution in [0.25, 0.3) is 0 Å². The van der Waals surface area contributed by atoms with Gasteiger partial charge in [-0.05, 0) is 42.9 Å². The van der Waals surface area contributed by atoms with E-state index in [1.807, 2.05) is 55.5 Å². The predicted octanol–water partition coefficient (Wildman–Crippen LogP) is 3.78. The summed E-state index contributed by atoms with van der Waals surface area (Å²) >= 11 is 0. The molecule has 2 aromatic carbocycles. The van der Waals surface area contributed by atoms with Crippen LogP contribution < -0.4 is 15.0 Å². The minimum atomic E-state index is -0.194. The number of ether oxygens (including phenoxy) is 1. The highest BCUT2D eigenvalue weighted by Crippen LogP contribution is 2.19. The first-order chi connectivity index (χ1) is 15.1. The van der Waals surface area contributed by atoms with Crippen LogP contribution in [0.2, 0.25) is 0 Å². The SMILES string of the molecule is CCN(CC(=O)Nc1cccc(OC)c1)CC(=O)N(Cc1ccco1)c1ccccc1. The summed E-state index contributed by atoms with van der Waals surface area (Å²) in [5.74, 6) is 1.05. The van der Waals surface area contributed by atoms with Gasteiger partial charge < -0.3 is 19.4 Å². The highest BCUT2D eigenvalue weighted by atomic mass is 16.5. The number of hydrogen-bond donors (Lipinski definition) is 1. The zero-order valence-electron chi connectivity index (χ0n) is 17.8. The maximum absolute atomic E-state index is 13.2. The highest BCUT2D eigenvalue weighted by Gasteiger charge is 2.21. The third kappa shape index (κ3) is 6.45. The molecule has 0 atom stereocenters. The summed E-state index contributed by atoms with van der Waals surface area (Å²) in [5, 5.41) is 2.85. The average Bonchev–Trinajstić information content (AvgIpc) is 3.31. The van der Waals surface area contributed by atoms with Gasteiger partial charge in [-0.2, -0.15) is 0 Å². The number of hydrogen-bond acceptors (Lipinski definition) is 5. The number of rotatable bonds is 10. The molecule has 0 bridgehead atoms. The lowest BCUT2D eigenvalue weighted by Gasteiger charge is -2.26. The van der Waals surface area contributed by atoms with Crippen LogP contribution in [0, 0.1) is 0 Å². The monoisotopic (exact) mass is 421 g/mol. The van der Waals surface area contributed by atoms with E-state index in [0.717, 1.165) is 5.69 Å². The molecular weight excluding hydrogens is 394 g/mol. The first-order valence-corrected chi connectivity index (χ1v) is 10.1. The van der Waals surface area contributed by atoms with Crippen LogP contribution in [0.5, 0.6) is 5.75 Å². The summed E-state index contributed by atoms with van der Waals surface area (Å²) in [6, 6.07) is 20.2. The molecule has 3 aromatic rings. The number of nitrogens with zero attached hydrogens (tertiary/aromatic N) is 2. The Morgan fingerprint density at radius 3 is 2.48 bits per heavy atom. The van der Waals surface area contributed by atoms with E-state index in [2.05, 4.69) is 5.32 Å². The average molecular weight is 421 g/mol. The van der Waals surface area contributed by atoms with Crippen molar-refractivity contribution in [3.63, 3.8) is 0 Å². The lowest BCUT2D eigenvalue weighted by atomic mass is 10.2. The van der Waals surface area contributed by atoms with Gasteiger partial charge in [-0.3, -0.25) is 14.5 Å². The molecule has 0 spiro atoms. The number of nitrogens with one attached hydrogen (secondary N) is 1. The molecule has 1 N–H and O–H groups in total. The lowest BCUT2D eigenvalue weighted by Crippen LogP contribution is -2.43. The maximum atomic E-state index is 13.2. The van der Waals surface area contributed by atoms with Crippen LogP contribution in [0.3, 0.4) is 0 Å². The molecule has 0 aliphatic heterocycles. The number of likely N-dealkylation sites (N-methyl/N-ethyl adjacent to an activating group) is 1. The summed E-state index contributed by atoms with van der Waals surface area (Å²) in [4.78, 5) is 29.2. The van der Waals surface area contributed by atoms with Crippen molar-refractivity contribution in [2.75, 3.05) is 37.0 Å². The van der Waals surface area contributed by atoms with E-state index in [1.165, 1.54) is 0 Å². The van der Waals surface area contributed by atoms with Gasteiger partial charge in [-0.25, -0.2) is 0 Å². The number of benzene rings is 2. The molecule has 31 heavy (non-hydrogen) atoms.